The maximum Gasteiger partial charge on any atom is 0.121 e. The lowest BCUT2D eigenvalue weighted by Gasteiger charge is -2.04. The average Bonchev–Trinajstić information content (AvgIpc) is 2.97. The predicted molar refractivity (Wildman–Crippen MR) is 80.6 cm³/mol. The SMILES string of the molecule is COc1cccc(-n2cc(-c3cccc(Cl)c3)cn2)c1. The highest BCUT2D eigenvalue weighted by Gasteiger charge is 2.04. The van der Waals surface area contributed by atoms with Crippen molar-refractivity contribution in [1.29, 1.82) is 0 Å². The lowest BCUT2D eigenvalue weighted by Crippen LogP contribution is -1.94. The zero-order valence-corrected chi connectivity index (χ0v) is 11.7. The number of hydrogen-bond acceptors (Lipinski definition) is 2. The van der Waals surface area contributed by atoms with E-state index in [0.29, 0.717) is 0 Å². The molecule has 100 valence electrons. The molecule has 1 heterocycles. The van der Waals surface area contributed by atoms with Gasteiger partial charge in [0.1, 0.15) is 5.75 Å². The maximum absolute atomic E-state index is 6.01. The minimum atomic E-state index is 0.719. The van der Waals surface area contributed by atoms with Crippen molar-refractivity contribution in [3.8, 4) is 22.6 Å². The highest BCUT2D eigenvalue weighted by molar-refractivity contribution is 6.30. The van der Waals surface area contributed by atoms with E-state index in [2.05, 4.69) is 5.10 Å². The summed E-state index contributed by atoms with van der Waals surface area (Å²) in [6, 6.07) is 15.5. The van der Waals surface area contributed by atoms with Crippen LogP contribution in [0.4, 0.5) is 0 Å². The van der Waals surface area contributed by atoms with E-state index in [9.17, 15) is 0 Å². The molecular weight excluding hydrogens is 272 g/mol. The van der Waals surface area contributed by atoms with E-state index >= 15 is 0 Å². The second-order valence-electron chi connectivity index (χ2n) is 4.39. The van der Waals surface area contributed by atoms with Crippen LogP contribution in [0.15, 0.2) is 60.9 Å². The third-order valence-electron chi connectivity index (χ3n) is 3.06. The number of aromatic nitrogens is 2. The number of ether oxygens (including phenoxy) is 1. The number of rotatable bonds is 3. The minimum Gasteiger partial charge on any atom is -0.497 e. The van der Waals surface area contributed by atoms with Gasteiger partial charge in [-0.3, -0.25) is 0 Å². The second kappa shape index (κ2) is 5.39. The van der Waals surface area contributed by atoms with Crippen LogP contribution in [0.1, 0.15) is 0 Å². The first-order chi connectivity index (χ1) is 9.76. The van der Waals surface area contributed by atoms with Gasteiger partial charge in [-0.15, -0.1) is 0 Å². The van der Waals surface area contributed by atoms with Crippen molar-refractivity contribution >= 4 is 11.6 Å². The van der Waals surface area contributed by atoms with Gasteiger partial charge in [0.05, 0.1) is 19.0 Å². The van der Waals surface area contributed by atoms with Crippen LogP contribution in [0.3, 0.4) is 0 Å². The molecule has 0 N–H and O–H groups in total. The van der Waals surface area contributed by atoms with Gasteiger partial charge in [-0.05, 0) is 29.8 Å². The normalized spacial score (nSPS) is 10.5. The third-order valence-corrected chi connectivity index (χ3v) is 3.29. The lowest BCUT2D eigenvalue weighted by molar-refractivity contribution is 0.414. The standard InChI is InChI=1S/C16H13ClN2O/c1-20-16-7-3-6-15(9-16)19-11-13(10-18-19)12-4-2-5-14(17)8-12/h2-11H,1H3. The van der Waals surface area contributed by atoms with Crippen molar-refractivity contribution in [1.82, 2.24) is 9.78 Å². The van der Waals surface area contributed by atoms with E-state index in [1.165, 1.54) is 0 Å². The number of methoxy groups -OCH3 is 1. The van der Waals surface area contributed by atoms with Crippen LogP contribution in [0.25, 0.3) is 16.8 Å². The van der Waals surface area contributed by atoms with Crippen molar-refractivity contribution in [3.05, 3.63) is 65.9 Å². The molecule has 0 saturated carbocycles. The van der Waals surface area contributed by atoms with Crippen LogP contribution in [0.5, 0.6) is 5.75 Å². The Balaban J connectivity index is 1.97. The molecular formula is C16H13ClN2O. The second-order valence-corrected chi connectivity index (χ2v) is 4.82. The summed E-state index contributed by atoms with van der Waals surface area (Å²) in [5.74, 6) is 0.808. The lowest BCUT2D eigenvalue weighted by atomic mass is 10.1. The summed E-state index contributed by atoms with van der Waals surface area (Å²) < 4.78 is 7.04. The molecule has 0 radical (unpaired) electrons. The molecule has 4 heteroatoms. The number of halogens is 1. The fourth-order valence-corrected chi connectivity index (χ4v) is 2.22. The molecule has 0 unspecified atom stereocenters. The highest BCUT2D eigenvalue weighted by Crippen LogP contribution is 2.24. The molecule has 3 rings (SSSR count). The molecule has 1 aromatic heterocycles. The zero-order chi connectivity index (χ0) is 13.9. The van der Waals surface area contributed by atoms with Gasteiger partial charge in [-0.25, -0.2) is 4.68 Å². The van der Waals surface area contributed by atoms with Crippen LogP contribution < -0.4 is 4.74 Å². The molecule has 20 heavy (non-hydrogen) atoms. The van der Waals surface area contributed by atoms with Gasteiger partial charge in [0.2, 0.25) is 0 Å². The Morgan fingerprint density at radius 1 is 1.05 bits per heavy atom. The Bertz CT molecular complexity index is 737. The molecule has 0 aliphatic rings. The first-order valence-electron chi connectivity index (χ1n) is 6.21. The van der Waals surface area contributed by atoms with Crippen LogP contribution in [-0.2, 0) is 0 Å². The van der Waals surface area contributed by atoms with Gasteiger partial charge in [0, 0.05) is 22.8 Å². The molecule has 0 aliphatic carbocycles. The van der Waals surface area contributed by atoms with Crippen molar-refractivity contribution < 1.29 is 4.74 Å². The predicted octanol–water partition coefficient (Wildman–Crippen LogP) is 4.20. The van der Waals surface area contributed by atoms with Crippen molar-refractivity contribution in [2.45, 2.75) is 0 Å². The van der Waals surface area contributed by atoms with Gasteiger partial charge in [-0.1, -0.05) is 29.8 Å². The summed E-state index contributed by atoms with van der Waals surface area (Å²) >= 11 is 6.01. The molecule has 3 aromatic rings. The van der Waals surface area contributed by atoms with Crippen molar-refractivity contribution in [2.24, 2.45) is 0 Å². The summed E-state index contributed by atoms with van der Waals surface area (Å²) in [7, 11) is 1.65. The monoisotopic (exact) mass is 284 g/mol. The Kier molecular flexibility index (Phi) is 3.44. The van der Waals surface area contributed by atoms with Gasteiger partial charge < -0.3 is 4.74 Å². The number of nitrogens with zero attached hydrogens (tertiary/aromatic N) is 2. The molecule has 0 atom stereocenters. The van der Waals surface area contributed by atoms with Gasteiger partial charge in [-0.2, -0.15) is 5.10 Å². The summed E-state index contributed by atoms with van der Waals surface area (Å²) in [6.07, 6.45) is 3.80. The van der Waals surface area contributed by atoms with Gasteiger partial charge in [0.15, 0.2) is 0 Å². The smallest absolute Gasteiger partial charge is 0.121 e. The molecule has 0 aliphatic heterocycles. The number of hydrogen-bond donors (Lipinski definition) is 0. The van der Waals surface area contributed by atoms with E-state index < -0.39 is 0 Å². The third kappa shape index (κ3) is 2.53. The van der Waals surface area contributed by atoms with Crippen molar-refractivity contribution in [3.63, 3.8) is 0 Å². The first kappa shape index (κ1) is 12.8. The fourth-order valence-electron chi connectivity index (χ4n) is 2.03. The van der Waals surface area contributed by atoms with Crippen LogP contribution in [0, 0.1) is 0 Å². The summed E-state index contributed by atoms with van der Waals surface area (Å²) in [4.78, 5) is 0. The molecule has 3 nitrogen and oxygen atoms in total. The molecule has 0 fully saturated rings. The van der Waals surface area contributed by atoms with Gasteiger partial charge in [0.25, 0.3) is 0 Å². The minimum absolute atomic E-state index is 0.719. The fraction of sp³-hybridized carbons (Fsp3) is 0.0625. The molecule has 0 amide bonds. The van der Waals surface area contributed by atoms with E-state index in [0.717, 1.165) is 27.6 Å². The Labute approximate surface area is 122 Å². The topological polar surface area (TPSA) is 27.1 Å². The van der Waals surface area contributed by atoms with E-state index in [-0.39, 0.29) is 0 Å². The van der Waals surface area contributed by atoms with Crippen LogP contribution in [0.2, 0.25) is 5.02 Å². The Morgan fingerprint density at radius 2 is 1.90 bits per heavy atom. The molecule has 0 saturated heterocycles. The Hall–Kier alpha value is -2.26. The zero-order valence-electron chi connectivity index (χ0n) is 11.0. The molecule has 2 aromatic carbocycles. The van der Waals surface area contributed by atoms with Crippen LogP contribution >= 0.6 is 11.6 Å². The largest absolute Gasteiger partial charge is 0.497 e. The van der Waals surface area contributed by atoms with Gasteiger partial charge >= 0.3 is 0 Å². The Morgan fingerprint density at radius 3 is 2.70 bits per heavy atom. The summed E-state index contributed by atoms with van der Waals surface area (Å²) in [6.45, 7) is 0. The maximum atomic E-state index is 6.01. The average molecular weight is 285 g/mol. The first-order valence-corrected chi connectivity index (χ1v) is 6.59. The van der Waals surface area contributed by atoms with E-state index in [1.807, 2.05) is 65.6 Å². The van der Waals surface area contributed by atoms with Crippen LogP contribution in [-0.4, -0.2) is 16.9 Å². The molecule has 0 spiro atoms. The number of benzene rings is 2. The highest BCUT2D eigenvalue weighted by atomic mass is 35.5. The summed E-state index contributed by atoms with van der Waals surface area (Å²) in [5.41, 5.74) is 3.03. The summed E-state index contributed by atoms with van der Waals surface area (Å²) in [5, 5.41) is 5.11. The molecule has 0 bridgehead atoms. The van der Waals surface area contributed by atoms with Crippen molar-refractivity contribution in [2.75, 3.05) is 7.11 Å². The quantitative estimate of drug-likeness (QED) is 0.721. The van der Waals surface area contributed by atoms with E-state index in [1.54, 1.807) is 7.11 Å². The van der Waals surface area contributed by atoms with E-state index in [4.69, 9.17) is 16.3 Å².